The standard InChI is InChI=1S/C22H17Cl5F3N3O3/c23-11-6-10(7-12(24)8-11)16-17(21(16,26)27)19(35)33-13-2-3-15(25)14(9-13)18(34)31-4-1-5-32-20(36)22(28,29)30/h2-3,6-9,16-17H,1,4-5H2,(H,31,34)(H,32,36)(H,33,35)/t16-,17+/m0/s1. The van der Waals surface area contributed by atoms with Crippen LogP contribution < -0.4 is 16.0 Å². The van der Waals surface area contributed by atoms with Crippen LogP contribution >= 0.6 is 58.0 Å². The minimum Gasteiger partial charge on any atom is -0.352 e. The number of amides is 3. The Kier molecular flexibility index (Phi) is 8.94. The maximum atomic E-state index is 12.9. The van der Waals surface area contributed by atoms with E-state index in [2.05, 4.69) is 10.6 Å². The minimum atomic E-state index is -4.98. The Labute approximate surface area is 228 Å². The summed E-state index contributed by atoms with van der Waals surface area (Å²) in [6, 6.07) is 8.97. The lowest BCUT2D eigenvalue weighted by Crippen LogP contribution is -2.38. The lowest BCUT2D eigenvalue weighted by molar-refractivity contribution is -0.173. The lowest BCUT2D eigenvalue weighted by Gasteiger charge is -2.11. The third kappa shape index (κ3) is 6.89. The van der Waals surface area contributed by atoms with E-state index < -0.39 is 40.1 Å². The molecule has 0 unspecified atom stereocenters. The van der Waals surface area contributed by atoms with Gasteiger partial charge in [-0.05, 0) is 48.4 Å². The summed E-state index contributed by atoms with van der Waals surface area (Å²) in [5, 5.41) is 7.64. The third-order valence-electron chi connectivity index (χ3n) is 5.24. The van der Waals surface area contributed by atoms with E-state index in [0.717, 1.165) is 0 Å². The van der Waals surface area contributed by atoms with E-state index in [0.29, 0.717) is 15.6 Å². The van der Waals surface area contributed by atoms with Gasteiger partial charge in [0.05, 0.1) is 16.5 Å². The molecule has 1 saturated carbocycles. The first-order valence-electron chi connectivity index (χ1n) is 10.3. The number of hydrogen-bond acceptors (Lipinski definition) is 3. The van der Waals surface area contributed by atoms with Crippen LogP contribution in [0.2, 0.25) is 15.1 Å². The molecule has 0 heterocycles. The second-order valence-electron chi connectivity index (χ2n) is 7.88. The van der Waals surface area contributed by atoms with E-state index in [9.17, 15) is 27.6 Å². The average molecular weight is 606 g/mol. The van der Waals surface area contributed by atoms with Gasteiger partial charge in [-0.2, -0.15) is 13.2 Å². The largest absolute Gasteiger partial charge is 0.471 e. The highest BCUT2D eigenvalue weighted by atomic mass is 35.5. The van der Waals surface area contributed by atoms with Gasteiger partial charge in [0, 0.05) is 34.7 Å². The smallest absolute Gasteiger partial charge is 0.352 e. The van der Waals surface area contributed by atoms with Crippen molar-refractivity contribution in [2.24, 2.45) is 5.92 Å². The highest BCUT2D eigenvalue weighted by molar-refractivity contribution is 6.53. The van der Waals surface area contributed by atoms with Gasteiger partial charge in [-0.3, -0.25) is 14.4 Å². The predicted molar refractivity (Wildman–Crippen MR) is 133 cm³/mol. The fraction of sp³-hybridized carbons (Fsp3) is 0.318. The van der Waals surface area contributed by atoms with Gasteiger partial charge in [0.25, 0.3) is 5.91 Å². The summed E-state index contributed by atoms with van der Waals surface area (Å²) in [7, 11) is 0. The third-order valence-corrected chi connectivity index (χ3v) is 6.95. The number of hydrogen-bond donors (Lipinski definition) is 3. The number of carbonyl (C=O) groups excluding carboxylic acids is 3. The van der Waals surface area contributed by atoms with Gasteiger partial charge >= 0.3 is 12.1 Å². The summed E-state index contributed by atoms with van der Waals surface area (Å²) in [6.45, 7) is -0.321. The Hall–Kier alpha value is -1.91. The summed E-state index contributed by atoms with van der Waals surface area (Å²) in [4.78, 5) is 36.1. The molecule has 0 bridgehead atoms. The van der Waals surface area contributed by atoms with Crippen molar-refractivity contribution < 1.29 is 27.6 Å². The van der Waals surface area contributed by atoms with Gasteiger partial charge in [0.2, 0.25) is 5.91 Å². The van der Waals surface area contributed by atoms with Crippen molar-refractivity contribution >= 4 is 81.4 Å². The first-order valence-corrected chi connectivity index (χ1v) is 12.2. The first-order chi connectivity index (χ1) is 16.7. The monoisotopic (exact) mass is 603 g/mol. The van der Waals surface area contributed by atoms with E-state index >= 15 is 0 Å². The molecule has 0 radical (unpaired) electrons. The number of alkyl halides is 5. The lowest BCUT2D eigenvalue weighted by atomic mass is 10.1. The molecule has 0 aromatic heterocycles. The van der Waals surface area contributed by atoms with Gasteiger partial charge in [-0.25, -0.2) is 0 Å². The Morgan fingerprint density at radius 1 is 0.917 bits per heavy atom. The number of carbonyl (C=O) groups is 3. The quantitative estimate of drug-likeness (QED) is 0.256. The highest BCUT2D eigenvalue weighted by Gasteiger charge is 2.67. The first kappa shape index (κ1) is 28.7. The Balaban J connectivity index is 1.59. The zero-order valence-electron chi connectivity index (χ0n) is 18.0. The molecule has 6 nitrogen and oxygen atoms in total. The molecule has 1 aliphatic rings. The number of halogens is 8. The fourth-order valence-electron chi connectivity index (χ4n) is 3.51. The van der Waals surface area contributed by atoms with E-state index in [4.69, 9.17) is 58.0 Å². The van der Waals surface area contributed by atoms with Crippen LogP contribution in [0.5, 0.6) is 0 Å². The van der Waals surface area contributed by atoms with Crippen molar-refractivity contribution in [3.8, 4) is 0 Å². The fourth-order valence-corrected chi connectivity index (χ4v) is 5.08. The molecule has 2 atom stereocenters. The van der Waals surface area contributed by atoms with E-state index in [-0.39, 0.29) is 35.8 Å². The molecule has 2 aromatic rings. The molecular formula is C22H17Cl5F3N3O3. The van der Waals surface area contributed by atoms with E-state index in [1.54, 1.807) is 17.4 Å². The SMILES string of the molecule is O=C(NCCCNC(=O)C(F)(F)F)c1cc(NC(=O)[C@H]2[C@H](c3cc(Cl)cc(Cl)c3)C2(Cl)Cl)ccc1Cl. The van der Waals surface area contributed by atoms with Crippen LogP contribution in [0.15, 0.2) is 36.4 Å². The molecule has 36 heavy (non-hydrogen) atoms. The summed E-state index contributed by atoms with van der Waals surface area (Å²) in [5.41, 5.74) is 0.858. The second kappa shape index (κ2) is 11.2. The molecule has 3 rings (SSSR count). The number of anilines is 1. The number of rotatable bonds is 8. The molecule has 3 amide bonds. The van der Waals surface area contributed by atoms with Gasteiger partial charge in [0.15, 0.2) is 0 Å². The molecule has 1 aliphatic carbocycles. The topological polar surface area (TPSA) is 87.3 Å². The number of benzene rings is 2. The summed E-state index contributed by atoms with van der Waals surface area (Å²) >= 11 is 30.9. The van der Waals surface area contributed by atoms with Crippen LogP contribution in [0.1, 0.15) is 28.3 Å². The van der Waals surface area contributed by atoms with Crippen LogP contribution in [-0.4, -0.2) is 41.3 Å². The Morgan fingerprint density at radius 3 is 2.14 bits per heavy atom. The normalized spacial score (nSPS) is 18.3. The molecular weight excluding hydrogens is 589 g/mol. The molecule has 194 valence electrons. The van der Waals surface area contributed by atoms with Crippen LogP contribution in [-0.2, 0) is 9.59 Å². The molecule has 3 N–H and O–H groups in total. The van der Waals surface area contributed by atoms with Crippen LogP contribution in [0.4, 0.5) is 18.9 Å². The minimum absolute atomic E-state index is 0.0192. The summed E-state index contributed by atoms with van der Waals surface area (Å²) in [6.07, 6.45) is -4.93. The van der Waals surface area contributed by atoms with E-state index in [1.807, 2.05) is 0 Å². The Bertz CT molecular complexity index is 1170. The van der Waals surface area contributed by atoms with Crippen molar-refractivity contribution in [1.29, 1.82) is 0 Å². The maximum absolute atomic E-state index is 12.9. The number of nitrogens with one attached hydrogen (secondary N) is 3. The molecule has 0 aliphatic heterocycles. The van der Waals surface area contributed by atoms with Gasteiger partial charge in [0.1, 0.15) is 4.33 Å². The molecule has 14 heteroatoms. The highest BCUT2D eigenvalue weighted by Crippen LogP contribution is 2.65. The molecule has 0 saturated heterocycles. The second-order valence-corrected chi connectivity index (χ2v) is 10.6. The van der Waals surface area contributed by atoms with Gasteiger partial charge in [-0.15, -0.1) is 23.2 Å². The van der Waals surface area contributed by atoms with Gasteiger partial charge in [-0.1, -0.05) is 34.8 Å². The summed E-state index contributed by atoms with van der Waals surface area (Å²) in [5.74, 6) is -4.58. The van der Waals surface area contributed by atoms with Crippen molar-refractivity contribution in [2.45, 2.75) is 22.8 Å². The molecule has 2 aromatic carbocycles. The van der Waals surface area contributed by atoms with Gasteiger partial charge < -0.3 is 16.0 Å². The zero-order chi connectivity index (χ0) is 26.8. The van der Waals surface area contributed by atoms with Crippen molar-refractivity contribution in [2.75, 3.05) is 18.4 Å². The van der Waals surface area contributed by atoms with Crippen molar-refractivity contribution in [3.05, 3.63) is 62.6 Å². The summed E-state index contributed by atoms with van der Waals surface area (Å²) < 4.78 is 35.1. The van der Waals surface area contributed by atoms with E-state index in [1.165, 1.54) is 24.3 Å². The molecule has 0 spiro atoms. The van der Waals surface area contributed by atoms with Crippen LogP contribution in [0, 0.1) is 5.92 Å². The predicted octanol–water partition coefficient (Wildman–Crippen LogP) is 5.97. The maximum Gasteiger partial charge on any atom is 0.471 e. The van der Waals surface area contributed by atoms with Crippen molar-refractivity contribution in [1.82, 2.24) is 10.6 Å². The van der Waals surface area contributed by atoms with Crippen LogP contribution in [0.25, 0.3) is 0 Å². The van der Waals surface area contributed by atoms with Crippen LogP contribution in [0.3, 0.4) is 0 Å². The van der Waals surface area contributed by atoms with Crippen molar-refractivity contribution in [3.63, 3.8) is 0 Å². The zero-order valence-corrected chi connectivity index (χ0v) is 21.8. The average Bonchev–Trinajstić information content (AvgIpc) is 3.35. The Morgan fingerprint density at radius 2 is 1.53 bits per heavy atom. The molecule has 1 fully saturated rings.